The van der Waals surface area contributed by atoms with Crippen LogP contribution in [0.2, 0.25) is 0 Å². The van der Waals surface area contributed by atoms with Crippen molar-refractivity contribution < 1.29 is 52.3 Å². The summed E-state index contributed by atoms with van der Waals surface area (Å²) in [7, 11) is 5.95. The Morgan fingerprint density at radius 3 is 2.04 bits per heavy atom. The van der Waals surface area contributed by atoms with Gasteiger partial charge in [-0.3, -0.25) is 19.0 Å². The lowest BCUT2D eigenvalue weighted by molar-refractivity contribution is -0.186. The van der Waals surface area contributed by atoms with Crippen LogP contribution in [0.1, 0.15) is 54.6 Å². The zero-order valence-electron chi connectivity index (χ0n) is 26.7. The predicted molar refractivity (Wildman–Crippen MR) is 160 cm³/mol. The van der Waals surface area contributed by atoms with E-state index >= 15 is 0 Å². The summed E-state index contributed by atoms with van der Waals surface area (Å²) in [5, 5.41) is 0. The second kappa shape index (κ2) is 13.7. The number of nitrogens with zero attached hydrogens (tertiary/aromatic N) is 2. The van der Waals surface area contributed by atoms with Crippen molar-refractivity contribution >= 4 is 23.8 Å². The van der Waals surface area contributed by atoms with E-state index in [-0.39, 0.29) is 49.8 Å². The van der Waals surface area contributed by atoms with Crippen LogP contribution in [0.4, 0.5) is 0 Å². The average Bonchev–Trinajstić information content (AvgIpc) is 3.32. The lowest BCUT2D eigenvalue weighted by Crippen LogP contribution is -2.60. The van der Waals surface area contributed by atoms with Gasteiger partial charge in [0, 0.05) is 33.5 Å². The molecule has 0 spiro atoms. The normalized spacial score (nSPS) is 20.8. The molecule has 5 rings (SSSR count). The minimum atomic E-state index is -1.29. The van der Waals surface area contributed by atoms with Crippen LogP contribution in [0.25, 0.3) is 5.69 Å². The molecule has 1 aliphatic carbocycles. The first kappa shape index (κ1) is 33.5. The summed E-state index contributed by atoms with van der Waals surface area (Å²) in [5.41, 5.74) is -2.72. The van der Waals surface area contributed by atoms with Gasteiger partial charge < -0.3 is 38.1 Å². The van der Waals surface area contributed by atoms with Gasteiger partial charge in [0.15, 0.2) is 11.4 Å². The van der Waals surface area contributed by atoms with Crippen molar-refractivity contribution in [1.82, 2.24) is 9.47 Å². The Labute approximate surface area is 261 Å². The molecule has 1 aromatic carbocycles. The van der Waals surface area contributed by atoms with E-state index in [4.69, 9.17) is 33.2 Å². The Balaban J connectivity index is 1.94. The van der Waals surface area contributed by atoms with Crippen LogP contribution in [-0.2, 0) is 28.5 Å². The van der Waals surface area contributed by atoms with E-state index in [1.807, 2.05) is 6.92 Å². The second-order valence-corrected chi connectivity index (χ2v) is 11.2. The third-order valence-electron chi connectivity index (χ3n) is 7.79. The Hall–Kier alpha value is -4.36. The highest BCUT2D eigenvalue weighted by Crippen LogP contribution is 2.58. The number of aromatic nitrogens is 1. The number of carbonyl (C=O) groups is 4. The van der Waals surface area contributed by atoms with Gasteiger partial charge in [0.2, 0.25) is 11.5 Å². The number of carbonyl (C=O) groups excluding carboxylic acids is 4. The molecule has 45 heavy (non-hydrogen) atoms. The number of hydrogen-bond acceptors (Lipinski definition) is 11. The molecule has 1 amide bonds. The number of hydrogen-bond donors (Lipinski definition) is 0. The van der Waals surface area contributed by atoms with Gasteiger partial charge in [-0.15, -0.1) is 0 Å². The summed E-state index contributed by atoms with van der Waals surface area (Å²) >= 11 is 0. The van der Waals surface area contributed by atoms with E-state index in [0.29, 0.717) is 30.4 Å². The summed E-state index contributed by atoms with van der Waals surface area (Å²) in [4.78, 5) is 56.7. The van der Waals surface area contributed by atoms with Gasteiger partial charge >= 0.3 is 17.9 Å². The Bertz CT molecular complexity index is 1470. The Kier molecular flexibility index (Phi) is 10.2. The number of benzene rings is 1. The standard InChI is InChI=1S/C32H40N2O11/c1-8-41-15-14-20(3)43-19-32-16-31(17-32,18-39-6)29(37)45-26-24(28(36)42-9-2)34(21-10-12-22(40-7)13-11-21)23(27(35)33(4)5)25(26)44-30(32)38/h10-14H,8-9,15-19H2,1-7H3/b20-14+. The van der Waals surface area contributed by atoms with Crippen molar-refractivity contribution in [3.8, 4) is 22.9 Å². The van der Waals surface area contributed by atoms with Crippen molar-refractivity contribution in [1.29, 1.82) is 0 Å². The van der Waals surface area contributed by atoms with E-state index in [1.165, 1.54) is 37.8 Å². The van der Waals surface area contributed by atoms with Crippen LogP contribution >= 0.6 is 0 Å². The summed E-state index contributed by atoms with van der Waals surface area (Å²) in [6.07, 6.45) is 1.74. The highest BCUT2D eigenvalue weighted by molar-refractivity contribution is 6.05. The van der Waals surface area contributed by atoms with Crippen molar-refractivity contribution in [2.45, 2.75) is 33.6 Å². The molecular weight excluding hydrogens is 588 g/mol. The molecule has 2 aromatic rings. The van der Waals surface area contributed by atoms with Crippen molar-refractivity contribution in [2.24, 2.45) is 10.8 Å². The van der Waals surface area contributed by atoms with Crippen molar-refractivity contribution in [2.75, 3.05) is 61.3 Å². The number of esters is 3. The van der Waals surface area contributed by atoms with Gasteiger partial charge in [-0.25, -0.2) is 4.79 Å². The number of allylic oxidation sites excluding steroid dienone is 1. The molecule has 2 aliphatic heterocycles. The van der Waals surface area contributed by atoms with Gasteiger partial charge in [0.25, 0.3) is 5.91 Å². The highest BCUT2D eigenvalue weighted by atomic mass is 16.6. The highest BCUT2D eigenvalue weighted by Gasteiger charge is 2.66. The van der Waals surface area contributed by atoms with Crippen LogP contribution in [0, 0.1) is 10.8 Å². The molecule has 3 heterocycles. The van der Waals surface area contributed by atoms with Gasteiger partial charge in [-0.05, 0) is 64.0 Å². The van der Waals surface area contributed by atoms with Crippen LogP contribution in [-0.4, -0.2) is 94.6 Å². The molecule has 0 unspecified atom stereocenters. The van der Waals surface area contributed by atoms with Crippen LogP contribution < -0.4 is 14.2 Å². The molecule has 3 aliphatic rings. The summed E-state index contributed by atoms with van der Waals surface area (Å²) < 4.78 is 40.6. The zero-order chi connectivity index (χ0) is 32.9. The molecule has 2 bridgehead atoms. The maximum absolute atomic E-state index is 14.1. The lowest BCUT2D eigenvalue weighted by Gasteiger charge is -2.50. The third kappa shape index (κ3) is 6.40. The number of fused-ring (bicyclic) bond motifs is 2. The number of rotatable bonds is 13. The Morgan fingerprint density at radius 2 is 1.51 bits per heavy atom. The maximum Gasteiger partial charge on any atom is 0.359 e. The summed E-state index contributed by atoms with van der Waals surface area (Å²) in [5.74, 6) is -2.76. The fraction of sp³-hybridized carbons (Fsp3) is 0.500. The fourth-order valence-corrected chi connectivity index (χ4v) is 5.63. The first-order chi connectivity index (χ1) is 21.5. The zero-order valence-corrected chi connectivity index (χ0v) is 26.7. The first-order valence-electron chi connectivity index (χ1n) is 14.6. The van der Waals surface area contributed by atoms with Crippen molar-refractivity contribution in [3.63, 3.8) is 0 Å². The molecule has 13 heteroatoms. The average molecular weight is 629 g/mol. The minimum absolute atomic E-state index is 0.00129. The largest absolute Gasteiger partial charge is 0.497 e. The van der Waals surface area contributed by atoms with Gasteiger partial charge in [-0.2, -0.15) is 0 Å². The lowest BCUT2D eigenvalue weighted by atomic mass is 9.53. The molecule has 0 saturated heterocycles. The molecule has 0 atom stereocenters. The van der Waals surface area contributed by atoms with Gasteiger partial charge in [0.05, 0.1) is 38.1 Å². The van der Waals surface area contributed by atoms with E-state index < -0.39 is 40.4 Å². The monoisotopic (exact) mass is 628 g/mol. The number of methoxy groups -OCH3 is 2. The van der Waals surface area contributed by atoms with E-state index in [0.717, 1.165) is 0 Å². The SMILES string of the molecule is CCOC/C=C(\C)OCC12CC(COC)(C1)C(=O)Oc1c(c(C(=O)N(C)C)n(-c3ccc(OC)cc3)c1C(=O)OCC)OC2=O. The van der Waals surface area contributed by atoms with Crippen LogP contribution in [0.15, 0.2) is 36.1 Å². The molecule has 1 fully saturated rings. The predicted octanol–water partition coefficient (Wildman–Crippen LogP) is 3.56. The third-order valence-corrected chi connectivity index (χ3v) is 7.79. The van der Waals surface area contributed by atoms with Crippen LogP contribution in [0.5, 0.6) is 17.2 Å². The quantitative estimate of drug-likeness (QED) is 0.183. The van der Waals surface area contributed by atoms with Gasteiger partial charge in [0.1, 0.15) is 17.8 Å². The van der Waals surface area contributed by atoms with E-state index in [9.17, 15) is 19.2 Å². The smallest absolute Gasteiger partial charge is 0.359 e. The van der Waals surface area contributed by atoms with Crippen molar-refractivity contribution in [3.05, 3.63) is 47.5 Å². The molecule has 0 N–H and O–H groups in total. The summed E-state index contributed by atoms with van der Waals surface area (Å²) in [6, 6.07) is 6.47. The molecule has 1 aromatic heterocycles. The first-order valence-corrected chi connectivity index (χ1v) is 14.6. The van der Waals surface area contributed by atoms with E-state index in [2.05, 4.69) is 0 Å². The minimum Gasteiger partial charge on any atom is -0.497 e. The topological polar surface area (TPSA) is 141 Å². The van der Waals surface area contributed by atoms with Gasteiger partial charge in [-0.1, -0.05) is 0 Å². The maximum atomic E-state index is 14.1. The second-order valence-electron chi connectivity index (χ2n) is 11.2. The van der Waals surface area contributed by atoms with Crippen LogP contribution in [0.3, 0.4) is 0 Å². The van der Waals surface area contributed by atoms with E-state index in [1.54, 1.807) is 44.2 Å². The summed E-state index contributed by atoms with van der Waals surface area (Å²) in [6.45, 7) is 5.88. The molecule has 244 valence electrons. The number of ether oxygens (including phenoxy) is 7. The molecule has 13 nitrogen and oxygen atoms in total. The molecular formula is C32H40N2O11. The molecule has 1 saturated carbocycles. The molecule has 0 radical (unpaired) electrons. The number of amides is 1. The fourth-order valence-electron chi connectivity index (χ4n) is 5.63. The Morgan fingerprint density at radius 1 is 0.911 bits per heavy atom.